The minimum Gasteiger partial charge on any atom is -0.352 e. The molecule has 0 saturated carbocycles. The molecule has 1 aromatic rings. The van der Waals surface area contributed by atoms with E-state index < -0.39 is 12.1 Å². The third-order valence-electron chi connectivity index (χ3n) is 4.87. The van der Waals surface area contributed by atoms with Gasteiger partial charge in [-0.1, -0.05) is 11.6 Å². The van der Waals surface area contributed by atoms with Crippen LogP contribution >= 0.6 is 11.6 Å². The summed E-state index contributed by atoms with van der Waals surface area (Å²) in [6.45, 7) is 3.02. The summed E-state index contributed by atoms with van der Waals surface area (Å²) in [5.74, 6) is -0.449. The van der Waals surface area contributed by atoms with E-state index in [-0.39, 0.29) is 36.7 Å². The van der Waals surface area contributed by atoms with Gasteiger partial charge in [-0.05, 0) is 57.0 Å². The van der Waals surface area contributed by atoms with Crippen molar-refractivity contribution in [2.75, 3.05) is 11.4 Å². The van der Waals surface area contributed by atoms with Crippen LogP contribution in [-0.2, 0) is 9.59 Å². The highest BCUT2D eigenvalue weighted by atomic mass is 35.5. The first-order valence-corrected chi connectivity index (χ1v) is 9.26. The first-order valence-electron chi connectivity index (χ1n) is 8.88. The van der Waals surface area contributed by atoms with Gasteiger partial charge >= 0.3 is 6.03 Å². The van der Waals surface area contributed by atoms with E-state index in [0.29, 0.717) is 10.7 Å². The number of urea groups is 1. The maximum atomic E-state index is 12.5. The number of halogens is 1. The van der Waals surface area contributed by atoms with Crippen molar-refractivity contribution in [1.82, 2.24) is 16.0 Å². The van der Waals surface area contributed by atoms with Crippen LogP contribution in [0.1, 0.15) is 32.6 Å². The van der Waals surface area contributed by atoms with E-state index in [4.69, 9.17) is 11.6 Å². The molecule has 2 aliphatic heterocycles. The van der Waals surface area contributed by atoms with Gasteiger partial charge in [0, 0.05) is 23.5 Å². The van der Waals surface area contributed by atoms with Gasteiger partial charge in [0.2, 0.25) is 5.91 Å². The summed E-state index contributed by atoms with van der Waals surface area (Å²) in [7, 11) is 0. The van der Waals surface area contributed by atoms with Crippen molar-refractivity contribution >= 4 is 35.1 Å². The molecular formula is C18H23ClN4O3. The molecule has 3 unspecified atom stereocenters. The van der Waals surface area contributed by atoms with Crippen LogP contribution in [-0.4, -0.2) is 42.5 Å². The highest BCUT2D eigenvalue weighted by Gasteiger charge is 2.39. The van der Waals surface area contributed by atoms with Crippen LogP contribution in [0.25, 0.3) is 0 Å². The molecule has 7 nitrogen and oxygen atoms in total. The fourth-order valence-corrected chi connectivity index (χ4v) is 3.48. The van der Waals surface area contributed by atoms with E-state index in [9.17, 15) is 14.4 Å². The molecule has 0 aliphatic carbocycles. The minimum atomic E-state index is -0.689. The van der Waals surface area contributed by atoms with Crippen molar-refractivity contribution in [3.8, 4) is 0 Å². The highest BCUT2D eigenvalue weighted by Crippen LogP contribution is 2.23. The van der Waals surface area contributed by atoms with E-state index >= 15 is 0 Å². The first kappa shape index (κ1) is 18.7. The number of nitrogens with zero attached hydrogens (tertiary/aromatic N) is 1. The molecule has 2 fully saturated rings. The van der Waals surface area contributed by atoms with Crippen molar-refractivity contribution in [3.63, 3.8) is 0 Å². The maximum Gasteiger partial charge on any atom is 0.329 e. The van der Waals surface area contributed by atoms with Crippen LogP contribution in [0, 0.1) is 0 Å². The third kappa shape index (κ3) is 4.16. The number of piperidine rings is 1. The van der Waals surface area contributed by atoms with E-state index in [1.54, 1.807) is 24.3 Å². The van der Waals surface area contributed by atoms with Gasteiger partial charge in [0.25, 0.3) is 5.91 Å². The summed E-state index contributed by atoms with van der Waals surface area (Å²) in [5, 5.41) is 9.52. The lowest BCUT2D eigenvalue weighted by Gasteiger charge is -2.30. The summed E-state index contributed by atoms with van der Waals surface area (Å²) in [6.07, 6.45) is 2.44. The van der Waals surface area contributed by atoms with E-state index in [1.807, 2.05) is 0 Å². The predicted octanol–water partition coefficient (Wildman–Crippen LogP) is 1.80. The Morgan fingerprint density at radius 3 is 2.73 bits per heavy atom. The Balaban J connectivity index is 1.54. The Labute approximate surface area is 157 Å². The SMILES string of the molecule is CC1NCCCC1NC(=O)CCC1NC(=O)N(c2ccc(Cl)cc2)C1=O. The minimum absolute atomic E-state index is 0.0995. The number of amides is 4. The summed E-state index contributed by atoms with van der Waals surface area (Å²) >= 11 is 5.84. The van der Waals surface area contributed by atoms with Gasteiger partial charge in [-0.25, -0.2) is 9.69 Å². The zero-order valence-electron chi connectivity index (χ0n) is 14.6. The fourth-order valence-electron chi connectivity index (χ4n) is 3.36. The van der Waals surface area contributed by atoms with Crippen LogP contribution < -0.4 is 20.9 Å². The number of imide groups is 1. The molecule has 8 heteroatoms. The maximum absolute atomic E-state index is 12.5. The predicted molar refractivity (Wildman–Crippen MR) is 99.1 cm³/mol. The summed E-state index contributed by atoms with van der Waals surface area (Å²) in [5.41, 5.74) is 0.464. The van der Waals surface area contributed by atoms with Gasteiger partial charge in [-0.2, -0.15) is 0 Å². The Kier molecular flexibility index (Phi) is 5.78. The molecule has 0 spiro atoms. The molecular weight excluding hydrogens is 356 g/mol. The third-order valence-corrected chi connectivity index (χ3v) is 5.12. The van der Waals surface area contributed by atoms with Crippen molar-refractivity contribution in [2.24, 2.45) is 0 Å². The number of carbonyl (C=O) groups is 3. The van der Waals surface area contributed by atoms with E-state index in [1.165, 1.54) is 0 Å². The second kappa shape index (κ2) is 8.05. The molecule has 3 N–H and O–H groups in total. The number of benzene rings is 1. The van der Waals surface area contributed by atoms with Crippen LogP contribution in [0.2, 0.25) is 5.02 Å². The van der Waals surface area contributed by atoms with Crippen LogP contribution in [0.5, 0.6) is 0 Å². The lowest BCUT2D eigenvalue weighted by atomic mass is 9.99. The van der Waals surface area contributed by atoms with Gasteiger partial charge in [-0.3, -0.25) is 9.59 Å². The quantitative estimate of drug-likeness (QED) is 0.681. The Hall–Kier alpha value is -2.12. The second-order valence-corrected chi connectivity index (χ2v) is 7.19. The molecule has 2 heterocycles. The number of carbonyl (C=O) groups excluding carboxylic acids is 3. The van der Waals surface area contributed by atoms with Crippen molar-refractivity contribution in [1.29, 1.82) is 0 Å². The molecule has 3 rings (SSSR count). The molecule has 140 valence electrons. The molecule has 3 atom stereocenters. The average molecular weight is 379 g/mol. The number of rotatable bonds is 5. The van der Waals surface area contributed by atoms with Crippen molar-refractivity contribution < 1.29 is 14.4 Å². The monoisotopic (exact) mass is 378 g/mol. The first-order chi connectivity index (χ1) is 12.5. The summed E-state index contributed by atoms with van der Waals surface area (Å²) in [6, 6.07) is 5.66. The second-order valence-electron chi connectivity index (χ2n) is 6.75. The van der Waals surface area contributed by atoms with Gasteiger partial charge < -0.3 is 16.0 Å². The highest BCUT2D eigenvalue weighted by molar-refractivity contribution is 6.30. The molecule has 26 heavy (non-hydrogen) atoms. The van der Waals surface area contributed by atoms with Crippen molar-refractivity contribution in [2.45, 2.75) is 50.7 Å². The Bertz CT molecular complexity index is 694. The van der Waals surface area contributed by atoms with Gasteiger partial charge in [0.05, 0.1) is 5.69 Å². The van der Waals surface area contributed by atoms with Gasteiger partial charge in [-0.15, -0.1) is 0 Å². The Morgan fingerprint density at radius 2 is 2.04 bits per heavy atom. The zero-order valence-corrected chi connectivity index (χ0v) is 15.4. The molecule has 1 aromatic carbocycles. The smallest absolute Gasteiger partial charge is 0.329 e. The molecule has 2 aliphatic rings. The molecule has 0 aromatic heterocycles. The molecule has 0 radical (unpaired) electrons. The largest absolute Gasteiger partial charge is 0.352 e. The van der Waals surface area contributed by atoms with Crippen molar-refractivity contribution in [3.05, 3.63) is 29.3 Å². The lowest BCUT2D eigenvalue weighted by molar-refractivity contribution is -0.122. The van der Waals surface area contributed by atoms with E-state index in [2.05, 4.69) is 22.9 Å². The number of nitrogens with one attached hydrogen (secondary N) is 3. The van der Waals surface area contributed by atoms with Gasteiger partial charge in [0.1, 0.15) is 6.04 Å². The van der Waals surface area contributed by atoms with Crippen LogP contribution in [0.4, 0.5) is 10.5 Å². The Morgan fingerprint density at radius 1 is 1.31 bits per heavy atom. The molecule has 4 amide bonds. The van der Waals surface area contributed by atoms with E-state index in [0.717, 1.165) is 24.3 Å². The molecule has 2 saturated heterocycles. The number of anilines is 1. The molecule has 0 bridgehead atoms. The fraction of sp³-hybridized carbons (Fsp3) is 0.500. The normalized spacial score (nSPS) is 25.9. The topological polar surface area (TPSA) is 90.5 Å². The number of hydrogen-bond donors (Lipinski definition) is 3. The zero-order chi connectivity index (χ0) is 18.7. The summed E-state index contributed by atoms with van der Waals surface area (Å²) in [4.78, 5) is 37.9. The lowest BCUT2D eigenvalue weighted by Crippen LogP contribution is -2.52. The average Bonchev–Trinajstić information content (AvgIpc) is 2.90. The van der Waals surface area contributed by atoms with Crippen LogP contribution in [0.3, 0.4) is 0 Å². The summed E-state index contributed by atoms with van der Waals surface area (Å²) < 4.78 is 0. The standard InChI is InChI=1S/C18H23ClN4O3/c1-11-14(3-2-10-20-11)21-16(24)9-8-15-17(25)23(18(26)22-15)13-6-4-12(19)5-7-13/h4-7,11,14-15,20H,2-3,8-10H2,1H3,(H,21,24)(H,22,26). The van der Waals surface area contributed by atoms with Gasteiger partial charge in [0.15, 0.2) is 0 Å². The number of hydrogen-bond acceptors (Lipinski definition) is 4. The van der Waals surface area contributed by atoms with Crippen LogP contribution in [0.15, 0.2) is 24.3 Å².